The largest absolute Gasteiger partial charge is 0.491 e. The Hall–Kier alpha value is -1.72. The fourth-order valence-electron chi connectivity index (χ4n) is 2.51. The van der Waals surface area contributed by atoms with Crippen molar-refractivity contribution >= 4 is 11.8 Å². The molecule has 0 saturated carbocycles. The summed E-state index contributed by atoms with van der Waals surface area (Å²) in [6.45, 7) is 4.74. The first kappa shape index (κ1) is 17.6. The van der Waals surface area contributed by atoms with Crippen molar-refractivity contribution in [1.29, 1.82) is 0 Å². The summed E-state index contributed by atoms with van der Waals surface area (Å²) in [5.74, 6) is 0.350. The minimum absolute atomic E-state index is 0.0815. The van der Waals surface area contributed by atoms with Gasteiger partial charge in [0.15, 0.2) is 5.75 Å². The van der Waals surface area contributed by atoms with E-state index in [1.54, 1.807) is 24.0 Å². The molecule has 23 heavy (non-hydrogen) atoms. The van der Waals surface area contributed by atoms with E-state index in [1.165, 1.54) is 17.6 Å². The Morgan fingerprint density at radius 1 is 1.22 bits per heavy atom. The second-order valence-corrected chi connectivity index (χ2v) is 6.33. The van der Waals surface area contributed by atoms with Crippen LogP contribution in [0.2, 0.25) is 0 Å². The summed E-state index contributed by atoms with van der Waals surface area (Å²) < 4.78 is 5.01. The average molecular weight is 332 g/mol. The molecule has 2 aromatic rings. The van der Waals surface area contributed by atoms with Crippen molar-refractivity contribution in [2.45, 2.75) is 31.3 Å². The van der Waals surface area contributed by atoms with Gasteiger partial charge in [-0.2, -0.15) is 0 Å². The molecule has 2 rings (SSSR count). The van der Waals surface area contributed by atoms with E-state index >= 15 is 0 Å². The third-order valence-corrected chi connectivity index (χ3v) is 4.40. The van der Waals surface area contributed by atoms with Crippen LogP contribution in [0.5, 0.6) is 5.75 Å². The van der Waals surface area contributed by atoms with Gasteiger partial charge in [0.05, 0.1) is 7.11 Å². The maximum absolute atomic E-state index is 11.9. The molecule has 0 bridgehead atoms. The van der Waals surface area contributed by atoms with Crippen molar-refractivity contribution in [3.8, 4) is 5.75 Å². The van der Waals surface area contributed by atoms with Crippen LogP contribution in [-0.4, -0.2) is 29.8 Å². The lowest BCUT2D eigenvalue weighted by Gasteiger charge is -2.22. The van der Waals surface area contributed by atoms with Crippen molar-refractivity contribution in [3.05, 3.63) is 58.0 Å². The number of rotatable bonds is 8. The minimum atomic E-state index is -0.0815. The summed E-state index contributed by atoms with van der Waals surface area (Å²) in [5, 5.41) is 0. The molecule has 5 heteroatoms. The van der Waals surface area contributed by atoms with Gasteiger partial charge in [-0.05, 0) is 36.9 Å². The lowest BCUT2D eigenvalue weighted by molar-refractivity contribution is 0.254. The lowest BCUT2D eigenvalue weighted by Crippen LogP contribution is -2.25. The zero-order valence-electron chi connectivity index (χ0n) is 14.0. The third kappa shape index (κ3) is 5.15. The van der Waals surface area contributed by atoms with Gasteiger partial charge in [-0.25, -0.2) is 0 Å². The molecule has 0 spiro atoms. The lowest BCUT2D eigenvalue weighted by atomic mass is 10.2. The van der Waals surface area contributed by atoms with Crippen molar-refractivity contribution < 1.29 is 4.74 Å². The number of benzene rings is 1. The first-order valence-corrected chi connectivity index (χ1v) is 8.99. The molecular weight excluding hydrogens is 308 g/mol. The Morgan fingerprint density at radius 2 is 1.96 bits per heavy atom. The van der Waals surface area contributed by atoms with Gasteiger partial charge in [0.2, 0.25) is 5.43 Å². The van der Waals surface area contributed by atoms with Gasteiger partial charge >= 0.3 is 0 Å². The van der Waals surface area contributed by atoms with E-state index < -0.39 is 0 Å². The molecule has 1 aromatic carbocycles. The van der Waals surface area contributed by atoms with Gasteiger partial charge < -0.3 is 9.72 Å². The van der Waals surface area contributed by atoms with Gasteiger partial charge in [-0.3, -0.25) is 9.69 Å². The molecule has 0 radical (unpaired) electrons. The number of hydrogen-bond acceptors (Lipinski definition) is 4. The molecule has 0 saturated heterocycles. The second-order valence-electron chi connectivity index (χ2n) is 5.45. The van der Waals surface area contributed by atoms with Gasteiger partial charge in [-0.1, -0.05) is 19.1 Å². The standard InChI is InChI=1S/C18H24N2O2S/c1-4-9-20(12-14-5-7-16(23-3)8-6-14)13-15-10-17(21)18(22-2)11-19-15/h5-8,10-11H,4,9,12-13H2,1-3H3,(H,19,21). The van der Waals surface area contributed by atoms with Crippen LogP contribution < -0.4 is 10.2 Å². The number of aromatic amines is 1. The van der Waals surface area contributed by atoms with Crippen LogP contribution in [0, 0.1) is 0 Å². The molecule has 0 amide bonds. The fraction of sp³-hybridized carbons (Fsp3) is 0.389. The topological polar surface area (TPSA) is 45.3 Å². The van der Waals surface area contributed by atoms with Gasteiger partial charge in [-0.15, -0.1) is 11.8 Å². The molecule has 0 aliphatic heterocycles. The molecule has 1 N–H and O–H groups in total. The highest BCUT2D eigenvalue weighted by Gasteiger charge is 2.08. The number of methoxy groups -OCH3 is 1. The Kier molecular flexibility index (Phi) is 6.74. The number of ether oxygens (including phenoxy) is 1. The first-order valence-electron chi connectivity index (χ1n) is 7.77. The molecule has 124 valence electrons. The number of thioether (sulfide) groups is 1. The number of nitrogens with zero attached hydrogens (tertiary/aromatic N) is 1. The van der Waals surface area contributed by atoms with Crippen LogP contribution in [0.1, 0.15) is 24.6 Å². The van der Waals surface area contributed by atoms with Crippen LogP contribution >= 0.6 is 11.8 Å². The molecule has 0 aliphatic rings. The molecule has 0 unspecified atom stereocenters. The van der Waals surface area contributed by atoms with Crippen molar-refractivity contribution in [2.75, 3.05) is 19.9 Å². The second kappa shape index (κ2) is 8.79. The SMILES string of the molecule is CCCN(Cc1ccc(SC)cc1)Cc1cc(=O)c(OC)c[nH]1. The molecule has 0 fully saturated rings. The molecule has 0 atom stereocenters. The minimum Gasteiger partial charge on any atom is -0.491 e. The summed E-state index contributed by atoms with van der Waals surface area (Å²) in [4.78, 5) is 18.6. The first-order chi connectivity index (χ1) is 11.2. The Labute approximate surface area is 141 Å². The van der Waals surface area contributed by atoms with Crippen LogP contribution in [0.15, 0.2) is 46.2 Å². The molecular formula is C18H24N2O2S. The molecule has 4 nitrogen and oxygen atoms in total. The highest BCUT2D eigenvalue weighted by atomic mass is 32.2. The third-order valence-electron chi connectivity index (χ3n) is 3.66. The quantitative estimate of drug-likeness (QED) is 0.751. The highest BCUT2D eigenvalue weighted by molar-refractivity contribution is 7.98. The number of aromatic nitrogens is 1. The predicted molar refractivity (Wildman–Crippen MR) is 96.2 cm³/mol. The number of H-pyrrole nitrogens is 1. The highest BCUT2D eigenvalue weighted by Crippen LogP contribution is 2.16. The fourth-order valence-corrected chi connectivity index (χ4v) is 2.92. The van der Waals surface area contributed by atoms with Crippen molar-refractivity contribution in [1.82, 2.24) is 9.88 Å². The summed E-state index contributed by atoms with van der Waals surface area (Å²) in [6.07, 6.45) is 4.79. The smallest absolute Gasteiger partial charge is 0.223 e. The molecule has 1 heterocycles. The number of pyridine rings is 1. The zero-order chi connectivity index (χ0) is 16.7. The number of nitrogens with one attached hydrogen (secondary N) is 1. The van der Waals surface area contributed by atoms with E-state index in [-0.39, 0.29) is 5.43 Å². The maximum Gasteiger partial charge on any atom is 0.223 e. The summed E-state index contributed by atoms with van der Waals surface area (Å²) >= 11 is 1.75. The van der Waals surface area contributed by atoms with E-state index in [4.69, 9.17) is 4.74 Å². The average Bonchev–Trinajstić information content (AvgIpc) is 2.56. The van der Waals surface area contributed by atoms with Crippen molar-refractivity contribution in [2.24, 2.45) is 0 Å². The summed E-state index contributed by atoms with van der Waals surface area (Å²) in [5.41, 5.74) is 2.11. The van der Waals surface area contributed by atoms with Crippen molar-refractivity contribution in [3.63, 3.8) is 0 Å². The maximum atomic E-state index is 11.9. The Bertz CT molecular complexity index is 667. The van der Waals surface area contributed by atoms with E-state index in [2.05, 4.69) is 47.3 Å². The molecule has 1 aromatic heterocycles. The van der Waals surface area contributed by atoms with Crippen LogP contribution in [0.3, 0.4) is 0 Å². The van der Waals surface area contributed by atoms with E-state index in [1.807, 2.05) is 0 Å². The van der Waals surface area contributed by atoms with Crippen LogP contribution in [0.25, 0.3) is 0 Å². The van der Waals surface area contributed by atoms with Crippen LogP contribution in [-0.2, 0) is 13.1 Å². The molecule has 0 aliphatic carbocycles. The van der Waals surface area contributed by atoms with Gasteiger partial charge in [0.1, 0.15) is 0 Å². The van der Waals surface area contributed by atoms with Gasteiger partial charge in [0.25, 0.3) is 0 Å². The van der Waals surface area contributed by atoms with E-state index in [0.29, 0.717) is 5.75 Å². The summed E-state index contributed by atoms with van der Waals surface area (Å²) in [7, 11) is 1.51. The number of hydrogen-bond donors (Lipinski definition) is 1. The normalized spacial score (nSPS) is 11.0. The predicted octanol–water partition coefficient (Wildman–Crippen LogP) is 3.52. The Balaban J connectivity index is 2.08. The van der Waals surface area contributed by atoms with E-state index in [9.17, 15) is 4.79 Å². The van der Waals surface area contributed by atoms with Crippen LogP contribution in [0.4, 0.5) is 0 Å². The zero-order valence-corrected chi connectivity index (χ0v) is 14.8. The van der Waals surface area contributed by atoms with E-state index in [0.717, 1.165) is 31.7 Å². The Morgan fingerprint density at radius 3 is 2.52 bits per heavy atom. The monoisotopic (exact) mass is 332 g/mol. The summed E-state index contributed by atoms with van der Waals surface area (Å²) in [6, 6.07) is 10.3. The van der Waals surface area contributed by atoms with Gasteiger partial charge in [0, 0.05) is 35.9 Å².